The van der Waals surface area contributed by atoms with E-state index in [1.165, 1.54) is 0 Å². The lowest BCUT2D eigenvalue weighted by molar-refractivity contribution is -0.129. The van der Waals surface area contributed by atoms with Crippen molar-refractivity contribution in [2.24, 2.45) is 0 Å². The summed E-state index contributed by atoms with van der Waals surface area (Å²) >= 11 is 0. The number of carbonyl (C=O) groups excluding carboxylic acids is 1. The van der Waals surface area contributed by atoms with Crippen molar-refractivity contribution in [3.05, 3.63) is 23.9 Å². The van der Waals surface area contributed by atoms with Crippen LogP contribution in [0.15, 0.2) is 18.2 Å². The summed E-state index contributed by atoms with van der Waals surface area (Å²) in [4.78, 5) is 18.7. The van der Waals surface area contributed by atoms with Crippen LogP contribution in [0.4, 0.5) is 5.82 Å². The van der Waals surface area contributed by atoms with Crippen LogP contribution in [0.2, 0.25) is 0 Å². The summed E-state index contributed by atoms with van der Waals surface area (Å²) in [6.45, 7) is 7.46. The zero-order chi connectivity index (χ0) is 14.4. The Morgan fingerprint density at radius 1 is 1.45 bits per heavy atom. The van der Waals surface area contributed by atoms with E-state index in [0.717, 1.165) is 50.5 Å². The van der Waals surface area contributed by atoms with Gasteiger partial charge in [0.05, 0.1) is 11.7 Å². The zero-order valence-electron chi connectivity index (χ0n) is 12.4. The number of piperazine rings is 1. The molecule has 2 rings (SSSR count). The predicted octanol–water partition coefficient (Wildman–Crippen LogP) is 1.61. The highest BCUT2D eigenvalue weighted by molar-refractivity contribution is 5.82. The third-order valence-corrected chi connectivity index (χ3v) is 3.56. The van der Waals surface area contributed by atoms with Gasteiger partial charge in [-0.05, 0) is 25.0 Å². The molecule has 1 aromatic heterocycles. The molecule has 0 aliphatic carbocycles. The lowest BCUT2D eigenvalue weighted by Crippen LogP contribution is -2.54. The van der Waals surface area contributed by atoms with Crippen LogP contribution in [-0.4, -0.2) is 41.5 Å². The van der Waals surface area contributed by atoms with Crippen LogP contribution in [0, 0.1) is 0 Å². The first-order valence-electron chi connectivity index (χ1n) is 7.46. The molecule has 1 aliphatic rings. The quantitative estimate of drug-likeness (QED) is 0.829. The van der Waals surface area contributed by atoms with Crippen LogP contribution in [0.25, 0.3) is 0 Å². The van der Waals surface area contributed by atoms with Crippen LogP contribution in [0.1, 0.15) is 32.4 Å². The van der Waals surface area contributed by atoms with Crippen molar-refractivity contribution in [1.82, 2.24) is 15.2 Å². The molecule has 5 heteroatoms. The van der Waals surface area contributed by atoms with Gasteiger partial charge in [-0.2, -0.15) is 0 Å². The molecule has 1 aliphatic heterocycles. The molecule has 2 N–H and O–H groups in total. The van der Waals surface area contributed by atoms with Gasteiger partial charge in [-0.15, -0.1) is 0 Å². The molecule has 1 saturated heterocycles. The van der Waals surface area contributed by atoms with Crippen LogP contribution in [0.5, 0.6) is 0 Å². The minimum Gasteiger partial charge on any atom is -0.370 e. The summed E-state index contributed by atoms with van der Waals surface area (Å²) in [7, 11) is 0. The second-order valence-electron chi connectivity index (χ2n) is 5.13. The van der Waals surface area contributed by atoms with Gasteiger partial charge in [-0.3, -0.25) is 9.69 Å². The molecule has 0 saturated carbocycles. The van der Waals surface area contributed by atoms with Gasteiger partial charge < -0.3 is 10.6 Å². The number of aromatic nitrogens is 1. The van der Waals surface area contributed by atoms with Crippen LogP contribution in [0.3, 0.4) is 0 Å². The fourth-order valence-corrected chi connectivity index (χ4v) is 2.52. The number of rotatable bonds is 6. The Balaban J connectivity index is 2.02. The van der Waals surface area contributed by atoms with Crippen molar-refractivity contribution >= 4 is 11.7 Å². The van der Waals surface area contributed by atoms with E-state index in [2.05, 4.69) is 34.4 Å². The number of carbonyl (C=O) groups is 1. The number of pyridine rings is 1. The molecule has 0 aromatic carbocycles. The van der Waals surface area contributed by atoms with E-state index < -0.39 is 0 Å². The molecule has 110 valence electrons. The second-order valence-corrected chi connectivity index (χ2v) is 5.13. The lowest BCUT2D eigenvalue weighted by Gasteiger charge is -2.34. The number of hydrogen-bond donors (Lipinski definition) is 2. The van der Waals surface area contributed by atoms with E-state index in [1.54, 1.807) is 0 Å². The predicted molar refractivity (Wildman–Crippen MR) is 80.5 cm³/mol. The number of nitrogens with zero attached hydrogens (tertiary/aromatic N) is 2. The van der Waals surface area contributed by atoms with Gasteiger partial charge in [0.2, 0.25) is 5.91 Å². The monoisotopic (exact) mass is 276 g/mol. The SMILES string of the molecule is CCCNc1cccc(CN2CCNC(=O)C2CC)n1. The summed E-state index contributed by atoms with van der Waals surface area (Å²) in [5.74, 6) is 1.05. The average Bonchev–Trinajstić information content (AvgIpc) is 2.46. The molecule has 2 heterocycles. The van der Waals surface area contributed by atoms with E-state index in [0.29, 0.717) is 0 Å². The number of anilines is 1. The maximum Gasteiger partial charge on any atom is 0.237 e. The summed E-state index contributed by atoms with van der Waals surface area (Å²) in [6, 6.07) is 6.00. The largest absolute Gasteiger partial charge is 0.370 e. The Morgan fingerprint density at radius 2 is 2.30 bits per heavy atom. The summed E-state index contributed by atoms with van der Waals surface area (Å²) in [5, 5.41) is 6.22. The molecule has 1 aromatic rings. The highest BCUT2D eigenvalue weighted by Gasteiger charge is 2.28. The highest BCUT2D eigenvalue weighted by atomic mass is 16.2. The molecule has 20 heavy (non-hydrogen) atoms. The molecular formula is C15H24N4O. The van der Waals surface area contributed by atoms with Crippen LogP contribution >= 0.6 is 0 Å². The highest BCUT2D eigenvalue weighted by Crippen LogP contribution is 2.13. The molecule has 0 spiro atoms. The second kappa shape index (κ2) is 7.24. The Hall–Kier alpha value is -1.62. The van der Waals surface area contributed by atoms with Gasteiger partial charge >= 0.3 is 0 Å². The molecular weight excluding hydrogens is 252 g/mol. The van der Waals surface area contributed by atoms with Crippen molar-refractivity contribution in [2.45, 2.75) is 39.3 Å². The van der Waals surface area contributed by atoms with Crippen LogP contribution < -0.4 is 10.6 Å². The van der Waals surface area contributed by atoms with E-state index >= 15 is 0 Å². The fourth-order valence-electron chi connectivity index (χ4n) is 2.52. The van der Waals surface area contributed by atoms with E-state index in [9.17, 15) is 4.79 Å². The van der Waals surface area contributed by atoms with Crippen molar-refractivity contribution in [3.63, 3.8) is 0 Å². The molecule has 1 fully saturated rings. The normalized spacial score (nSPS) is 19.7. The van der Waals surface area contributed by atoms with Crippen molar-refractivity contribution < 1.29 is 4.79 Å². The molecule has 1 unspecified atom stereocenters. The first-order chi connectivity index (χ1) is 9.74. The maximum atomic E-state index is 11.8. The minimum atomic E-state index is -0.0298. The first-order valence-corrected chi connectivity index (χ1v) is 7.46. The lowest BCUT2D eigenvalue weighted by atomic mass is 10.1. The van der Waals surface area contributed by atoms with Gasteiger partial charge in [-0.1, -0.05) is 19.9 Å². The van der Waals surface area contributed by atoms with E-state index in [1.807, 2.05) is 18.2 Å². The maximum absolute atomic E-state index is 11.8. The Labute approximate surface area is 120 Å². The third kappa shape index (κ3) is 3.70. The van der Waals surface area contributed by atoms with Gasteiger partial charge in [0.25, 0.3) is 0 Å². The number of nitrogens with one attached hydrogen (secondary N) is 2. The van der Waals surface area contributed by atoms with Crippen molar-refractivity contribution in [3.8, 4) is 0 Å². The smallest absolute Gasteiger partial charge is 0.237 e. The van der Waals surface area contributed by atoms with Crippen molar-refractivity contribution in [2.75, 3.05) is 25.0 Å². The summed E-state index contributed by atoms with van der Waals surface area (Å²) < 4.78 is 0. The average molecular weight is 276 g/mol. The molecule has 0 radical (unpaired) electrons. The van der Waals surface area contributed by atoms with E-state index in [-0.39, 0.29) is 11.9 Å². The van der Waals surface area contributed by atoms with Gasteiger partial charge in [0.1, 0.15) is 5.82 Å². The summed E-state index contributed by atoms with van der Waals surface area (Å²) in [6.07, 6.45) is 1.91. The first kappa shape index (κ1) is 14.8. The Morgan fingerprint density at radius 3 is 3.05 bits per heavy atom. The van der Waals surface area contributed by atoms with Gasteiger partial charge in [0, 0.05) is 26.2 Å². The van der Waals surface area contributed by atoms with Gasteiger partial charge in [0.15, 0.2) is 0 Å². The minimum absolute atomic E-state index is 0.0298. The Kier molecular flexibility index (Phi) is 5.35. The summed E-state index contributed by atoms with van der Waals surface area (Å²) in [5.41, 5.74) is 1.01. The molecule has 5 nitrogen and oxygen atoms in total. The molecule has 1 atom stereocenters. The molecule has 1 amide bonds. The third-order valence-electron chi connectivity index (χ3n) is 3.56. The number of amides is 1. The Bertz CT molecular complexity index is 449. The standard InChI is InChI=1S/C15H24N4O/c1-3-8-16-14-7-5-6-12(18-14)11-19-10-9-17-15(20)13(19)4-2/h5-7,13H,3-4,8-11H2,1-2H3,(H,16,18)(H,17,20). The van der Waals surface area contributed by atoms with Gasteiger partial charge in [-0.25, -0.2) is 4.98 Å². The van der Waals surface area contributed by atoms with Crippen molar-refractivity contribution in [1.29, 1.82) is 0 Å². The topological polar surface area (TPSA) is 57.3 Å². The molecule has 0 bridgehead atoms. The van der Waals surface area contributed by atoms with Crippen LogP contribution in [-0.2, 0) is 11.3 Å². The van der Waals surface area contributed by atoms with E-state index in [4.69, 9.17) is 0 Å². The zero-order valence-corrected chi connectivity index (χ0v) is 12.4. The number of hydrogen-bond acceptors (Lipinski definition) is 4. The fraction of sp³-hybridized carbons (Fsp3) is 0.600.